The van der Waals surface area contributed by atoms with Crippen LogP contribution in [0.4, 0.5) is 19.0 Å². The van der Waals surface area contributed by atoms with Crippen LogP contribution < -0.4 is 20.1 Å². The molecule has 0 spiro atoms. The van der Waals surface area contributed by atoms with Gasteiger partial charge in [-0.05, 0) is 37.1 Å². The average Bonchev–Trinajstić information content (AvgIpc) is 2.58. The third kappa shape index (κ3) is 4.70. The van der Waals surface area contributed by atoms with Gasteiger partial charge in [0.15, 0.2) is 11.6 Å². The molecule has 1 aromatic carbocycles. The van der Waals surface area contributed by atoms with E-state index in [1.165, 1.54) is 24.3 Å². The minimum absolute atomic E-state index is 0.182. The van der Waals surface area contributed by atoms with Crippen LogP contribution in [0.25, 0.3) is 0 Å². The largest absolute Gasteiger partial charge is 0.573 e. The summed E-state index contributed by atoms with van der Waals surface area (Å²) >= 11 is 6.41. The fraction of sp³-hybridized carbons (Fsp3) is 0.353. The first-order valence-corrected chi connectivity index (χ1v) is 8.38. The van der Waals surface area contributed by atoms with Crippen LogP contribution in [0.1, 0.15) is 12.8 Å². The quantitative estimate of drug-likeness (QED) is 0.845. The van der Waals surface area contributed by atoms with Crippen molar-refractivity contribution in [3.63, 3.8) is 0 Å². The Morgan fingerprint density at radius 1 is 1.08 bits per heavy atom. The molecule has 1 fully saturated rings. The van der Waals surface area contributed by atoms with Crippen molar-refractivity contribution < 1.29 is 22.6 Å². The van der Waals surface area contributed by atoms with Gasteiger partial charge in [0, 0.05) is 31.4 Å². The molecule has 0 unspecified atom stereocenters. The summed E-state index contributed by atoms with van der Waals surface area (Å²) in [6, 6.07) is 6.87. The molecule has 0 saturated carbocycles. The van der Waals surface area contributed by atoms with Crippen LogP contribution in [0.15, 0.2) is 36.5 Å². The maximum absolute atomic E-state index is 12.2. The zero-order valence-electron chi connectivity index (χ0n) is 13.7. The number of rotatable bonds is 4. The summed E-state index contributed by atoms with van der Waals surface area (Å²) in [6.45, 7) is 1.50. The molecule has 2 aromatic rings. The number of alkyl halides is 3. The number of hydrogen-bond acceptors (Lipinski definition) is 5. The maximum atomic E-state index is 12.2. The molecule has 5 nitrogen and oxygen atoms in total. The van der Waals surface area contributed by atoms with Crippen LogP contribution in [-0.2, 0) is 0 Å². The molecule has 1 aromatic heterocycles. The Kier molecular flexibility index (Phi) is 5.43. The molecular weight excluding hydrogens is 371 g/mol. The highest BCUT2D eigenvalue weighted by molar-refractivity contribution is 6.34. The number of nitrogens with zero attached hydrogens (tertiary/aromatic N) is 2. The standard InChI is InChI=1S/C17H17ClF3N3O2/c18-15-14(5-8-23-16(15)24-9-6-11(22)7-10-24)25-12-1-3-13(4-2-12)26-17(19,20)21/h1-5,8,11H,6-7,9-10,22H2. The van der Waals surface area contributed by atoms with Gasteiger partial charge in [-0.15, -0.1) is 13.2 Å². The summed E-state index contributed by atoms with van der Waals surface area (Å²) in [5.74, 6) is 0.986. The molecule has 2 N–H and O–H groups in total. The predicted molar refractivity (Wildman–Crippen MR) is 91.9 cm³/mol. The number of nitrogens with two attached hydrogens (primary N) is 1. The van der Waals surface area contributed by atoms with E-state index >= 15 is 0 Å². The number of pyridine rings is 1. The van der Waals surface area contributed by atoms with Gasteiger partial charge in [-0.1, -0.05) is 11.6 Å². The number of piperidine rings is 1. The molecule has 0 atom stereocenters. The summed E-state index contributed by atoms with van der Waals surface area (Å²) in [5.41, 5.74) is 5.91. The smallest absolute Gasteiger partial charge is 0.456 e. The van der Waals surface area contributed by atoms with Crippen molar-refractivity contribution in [3.8, 4) is 17.2 Å². The van der Waals surface area contributed by atoms with E-state index < -0.39 is 6.36 Å². The highest BCUT2D eigenvalue weighted by Crippen LogP contribution is 2.36. The Bertz CT molecular complexity index is 748. The van der Waals surface area contributed by atoms with Crippen molar-refractivity contribution in [1.82, 2.24) is 4.98 Å². The van der Waals surface area contributed by atoms with E-state index in [4.69, 9.17) is 22.1 Å². The van der Waals surface area contributed by atoms with Gasteiger partial charge >= 0.3 is 6.36 Å². The van der Waals surface area contributed by atoms with Gasteiger partial charge in [0.2, 0.25) is 0 Å². The normalized spacial score (nSPS) is 15.8. The molecule has 140 valence electrons. The first-order valence-electron chi connectivity index (χ1n) is 8.00. The molecule has 0 radical (unpaired) electrons. The average molecular weight is 388 g/mol. The van der Waals surface area contributed by atoms with Crippen LogP contribution in [0.3, 0.4) is 0 Å². The van der Waals surface area contributed by atoms with Crippen molar-refractivity contribution in [2.45, 2.75) is 25.2 Å². The van der Waals surface area contributed by atoms with E-state index in [0.29, 0.717) is 22.3 Å². The van der Waals surface area contributed by atoms with Crippen LogP contribution in [-0.4, -0.2) is 30.5 Å². The molecular formula is C17H17ClF3N3O2. The molecule has 0 bridgehead atoms. The van der Waals surface area contributed by atoms with Gasteiger partial charge in [-0.2, -0.15) is 0 Å². The second kappa shape index (κ2) is 7.59. The van der Waals surface area contributed by atoms with Crippen LogP contribution >= 0.6 is 11.6 Å². The summed E-state index contributed by atoms with van der Waals surface area (Å²) in [6.07, 6.45) is -1.46. The number of halogens is 4. The molecule has 0 aliphatic carbocycles. The number of aromatic nitrogens is 1. The monoisotopic (exact) mass is 387 g/mol. The molecule has 2 heterocycles. The fourth-order valence-electron chi connectivity index (χ4n) is 2.66. The fourth-order valence-corrected chi connectivity index (χ4v) is 2.93. The molecule has 0 amide bonds. The second-order valence-corrected chi connectivity index (χ2v) is 6.27. The highest BCUT2D eigenvalue weighted by Gasteiger charge is 2.31. The number of ether oxygens (including phenoxy) is 2. The first-order chi connectivity index (χ1) is 12.3. The molecule has 9 heteroatoms. The third-order valence-corrected chi connectivity index (χ3v) is 4.31. The van der Waals surface area contributed by atoms with E-state index in [9.17, 15) is 13.2 Å². The Morgan fingerprint density at radius 2 is 1.69 bits per heavy atom. The minimum atomic E-state index is -4.73. The summed E-state index contributed by atoms with van der Waals surface area (Å²) in [4.78, 5) is 6.35. The van der Waals surface area contributed by atoms with Gasteiger partial charge in [0.05, 0.1) is 0 Å². The van der Waals surface area contributed by atoms with Gasteiger partial charge < -0.3 is 20.1 Å². The van der Waals surface area contributed by atoms with Gasteiger partial charge in [-0.25, -0.2) is 4.98 Å². The lowest BCUT2D eigenvalue weighted by Crippen LogP contribution is -2.40. The van der Waals surface area contributed by atoms with Crippen molar-refractivity contribution in [1.29, 1.82) is 0 Å². The van der Waals surface area contributed by atoms with Crippen molar-refractivity contribution in [2.24, 2.45) is 5.73 Å². The number of hydrogen-bond donors (Lipinski definition) is 1. The van der Waals surface area contributed by atoms with E-state index in [-0.39, 0.29) is 11.8 Å². The zero-order chi connectivity index (χ0) is 18.7. The maximum Gasteiger partial charge on any atom is 0.573 e. The second-order valence-electron chi connectivity index (χ2n) is 5.89. The third-order valence-electron chi connectivity index (χ3n) is 3.96. The summed E-state index contributed by atoms with van der Waals surface area (Å²) in [7, 11) is 0. The van der Waals surface area contributed by atoms with E-state index in [2.05, 4.69) is 9.72 Å². The summed E-state index contributed by atoms with van der Waals surface area (Å²) in [5, 5.41) is 0.346. The summed E-state index contributed by atoms with van der Waals surface area (Å²) < 4.78 is 46.1. The highest BCUT2D eigenvalue weighted by atomic mass is 35.5. The van der Waals surface area contributed by atoms with Crippen molar-refractivity contribution >= 4 is 17.4 Å². The Balaban J connectivity index is 1.73. The SMILES string of the molecule is NC1CCN(c2nccc(Oc3ccc(OC(F)(F)F)cc3)c2Cl)CC1. The Morgan fingerprint density at radius 3 is 2.31 bits per heavy atom. The molecule has 26 heavy (non-hydrogen) atoms. The lowest BCUT2D eigenvalue weighted by atomic mass is 10.1. The first kappa shape index (κ1) is 18.6. The van der Waals surface area contributed by atoms with Gasteiger partial charge in [0.1, 0.15) is 16.5 Å². The molecule has 3 rings (SSSR count). The lowest BCUT2D eigenvalue weighted by Gasteiger charge is -2.31. The number of benzene rings is 1. The van der Waals surface area contributed by atoms with E-state index in [1.54, 1.807) is 12.3 Å². The van der Waals surface area contributed by atoms with E-state index in [0.717, 1.165) is 25.9 Å². The van der Waals surface area contributed by atoms with Gasteiger partial charge in [-0.3, -0.25) is 0 Å². The zero-order valence-corrected chi connectivity index (χ0v) is 14.4. The van der Waals surface area contributed by atoms with Crippen LogP contribution in [0.2, 0.25) is 5.02 Å². The van der Waals surface area contributed by atoms with Crippen molar-refractivity contribution in [3.05, 3.63) is 41.6 Å². The Hall–Kier alpha value is -2.19. The van der Waals surface area contributed by atoms with Crippen LogP contribution in [0, 0.1) is 0 Å². The lowest BCUT2D eigenvalue weighted by molar-refractivity contribution is -0.274. The predicted octanol–water partition coefficient (Wildman–Crippen LogP) is 4.35. The molecule has 1 saturated heterocycles. The molecule has 1 aliphatic rings. The Labute approximate surface area is 153 Å². The number of anilines is 1. The van der Waals surface area contributed by atoms with E-state index in [1.807, 2.05) is 4.90 Å². The topological polar surface area (TPSA) is 60.6 Å². The minimum Gasteiger partial charge on any atom is -0.456 e. The van der Waals surface area contributed by atoms with Crippen molar-refractivity contribution in [2.75, 3.05) is 18.0 Å². The van der Waals surface area contributed by atoms with Gasteiger partial charge in [0.25, 0.3) is 0 Å². The molecule has 1 aliphatic heterocycles. The van der Waals surface area contributed by atoms with Crippen LogP contribution in [0.5, 0.6) is 17.2 Å².